The molecule has 1 fully saturated rings. The van der Waals surface area contributed by atoms with E-state index >= 15 is 0 Å². The third-order valence-electron chi connectivity index (χ3n) is 5.76. The van der Waals surface area contributed by atoms with Crippen molar-refractivity contribution in [2.45, 2.75) is 18.4 Å². The van der Waals surface area contributed by atoms with Crippen LogP contribution in [-0.2, 0) is 0 Å². The first-order valence-electron chi connectivity index (χ1n) is 10.8. The number of anilines is 1. The number of ether oxygens (including phenoxy) is 1. The van der Waals surface area contributed by atoms with Crippen LogP contribution in [0.15, 0.2) is 55.0 Å². The quantitative estimate of drug-likeness (QED) is 0.585. The highest BCUT2D eigenvalue weighted by atomic mass is 16.5. The van der Waals surface area contributed by atoms with Crippen LogP contribution in [0.4, 0.5) is 5.69 Å². The number of β-amino-alcohol motifs (C(OH)–C–C–N with tert-alkyl or cyclic N) is 1. The minimum Gasteiger partial charge on any atom is -0.492 e. The van der Waals surface area contributed by atoms with Crippen LogP contribution in [0.25, 0.3) is 10.9 Å². The number of fused-ring (bicyclic) bond motifs is 1. The summed E-state index contributed by atoms with van der Waals surface area (Å²) in [7, 11) is 1.72. The number of hydrogen-bond acceptors (Lipinski definition) is 7. The number of amides is 1. The Morgan fingerprint density at radius 2 is 2.19 bits per heavy atom. The van der Waals surface area contributed by atoms with Crippen molar-refractivity contribution < 1.29 is 14.6 Å². The molecule has 8 heteroatoms. The van der Waals surface area contributed by atoms with Gasteiger partial charge in [-0.25, -0.2) is 0 Å². The maximum Gasteiger partial charge on any atom is 0.253 e. The molecule has 32 heavy (non-hydrogen) atoms. The minimum absolute atomic E-state index is 0.160. The van der Waals surface area contributed by atoms with Crippen LogP contribution in [0.1, 0.15) is 23.2 Å². The molecule has 1 atom stereocenters. The molecule has 0 unspecified atom stereocenters. The molecule has 2 aromatic heterocycles. The van der Waals surface area contributed by atoms with E-state index < -0.39 is 5.60 Å². The number of nitrogens with zero attached hydrogens (tertiary/aromatic N) is 4. The molecule has 1 aliphatic rings. The molecule has 1 aromatic carbocycles. The standard InChI is InChI=1S/C24H29N5O3/c1-28(23(30)18-4-2-5-19(14-18)32-13-9-25)16-24(31)8-3-12-29(17-24)22-7-11-27-21-6-10-26-15-20(21)22/h2,4-7,10-11,14-15,31H,3,8-9,12-13,16-17,25H2,1H3/t24-/m1/s1. The van der Waals surface area contributed by atoms with Gasteiger partial charge in [0.2, 0.25) is 0 Å². The summed E-state index contributed by atoms with van der Waals surface area (Å²) in [6, 6.07) is 10.9. The van der Waals surface area contributed by atoms with Crippen LogP contribution in [0.5, 0.6) is 5.75 Å². The molecular formula is C24H29N5O3. The van der Waals surface area contributed by atoms with Crippen molar-refractivity contribution in [2.75, 3.05) is 44.7 Å². The third kappa shape index (κ3) is 4.81. The smallest absolute Gasteiger partial charge is 0.253 e. The van der Waals surface area contributed by atoms with Crippen LogP contribution in [-0.4, -0.2) is 71.3 Å². The molecule has 3 aromatic rings. The number of carbonyl (C=O) groups is 1. The highest BCUT2D eigenvalue weighted by Gasteiger charge is 2.36. The lowest BCUT2D eigenvalue weighted by atomic mass is 9.91. The fourth-order valence-electron chi connectivity index (χ4n) is 4.33. The van der Waals surface area contributed by atoms with Crippen molar-refractivity contribution in [3.05, 3.63) is 60.6 Å². The second kappa shape index (κ2) is 9.50. The van der Waals surface area contributed by atoms with E-state index in [1.54, 1.807) is 54.8 Å². The normalized spacial score (nSPS) is 18.5. The van der Waals surface area contributed by atoms with Gasteiger partial charge < -0.3 is 25.4 Å². The summed E-state index contributed by atoms with van der Waals surface area (Å²) in [5.74, 6) is 0.447. The number of hydrogen-bond donors (Lipinski definition) is 2. The lowest BCUT2D eigenvalue weighted by Gasteiger charge is -2.42. The second-order valence-corrected chi connectivity index (χ2v) is 8.30. The number of rotatable bonds is 7. The Kier molecular flexibility index (Phi) is 6.53. The fourth-order valence-corrected chi connectivity index (χ4v) is 4.33. The Bertz CT molecular complexity index is 1090. The Labute approximate surface area is 187 Å². The maximum absolute atomic E-state index is 13.0. The number of piperidine rings is 1. The molecule has 4 rings (SSSR count). The lowest BCUT2D eigenvalue weighted by Crippen LogP contribution is -2.54. The van der Waals surface area contributed by atoms with Gasteiger partial charge in [-0.1, -0.05) is 6.07 Å². The van der Waals surface area contributed by atoms with Crippen LogP contribution in [0.3, 0.4) is 0 Å². The molecule has 1 saturated heterocycles. The van der Waals surface area contributed by atoms with E-state index in [9.17, 15) is 9.90 Å². The van der Waals surface area contributed by atoms with Gasteiger partial charge in [0.25, 0.3) is 5.91 Å². The first kappa shape index (κ1) is 22.0. The summed E-state index contributed by atoms with van der Waals surface area (Å²) in [5, 5.41) is 12.4. The predicted molar refractivity (Wildman–Crippen MR) is 124 cm³/mol. The number of pyridine rings is 2. The number of nitrogens with two attached hydrogens (primary N) is 1. The second-order valence-electron chi connectivity index (χ2n) is 8.30. The lowest BCUT2D eigenvalue weighted by molar-refractivity contribution is 0.0000629. The van der Waals surface area contributed by atoms with Crippen LogP contribution in [0.2, 0.25) is 0 Å². The van der Waals surface area contributed by atoms with Crippen molar-refractivity contribution in [2.24, 2.45) is 5.73 Å². The average Bonchev–Trinajstić information content (AvgIpc) is 2.81. The van der Waals surface area contributed by atoms with Gasteiger partial charge in [-0.15, -0.1) is 0 Å². The summed E-state index contributed by atoms with van der Waals surface area (Å²) in [6.07, 6.45) is 6.76. The van der Waals surface area contributed by atoms with Gasteiger partial charge in [-0.05, 0) is 43.2 Å². The van der Waals surface area contributed by atoms with E-state index in [0.29, 0.717) is 37.4 Å². The Morgan fingerprint density at radius 1 is 1.31 bits per heavy atom. The molecule has 3 heterocycles. The predicted octanol–water partition coefficient (Wildman–Crippen LogP) is 2.07. The number of aromatic nitrogens is 2. The summed E-state index contributed by atoms with van der Waals surface area (Å²) in [6.45, 7) is 2.29. The van der Waals surface area contributed by atoms with E-state index in [2.05, 4.69) is 14.9 Å². The zero-order valence-corrected chi connectivity index (χ0v) is 18.3. The van der Waals surface area contributed by atoms with E-state index in [0.717, 1.165) is 29.6 Å². The SMILES string of the molecule is CN(C[C@]1(O)CCCN(c2ccnc3ccncc23)C1)C(=O)c1cccc(OCCN)c1. The zero-order valence-electron chi connectivity index (χ0n) is 18.3. The molecule has 0 aliphatic carbocycles. The summed E-state index contributed by atoms with van der Waals surface area (Å²) in [5.41, 5.74) is 6.86. The van der Waals surface area contributed by atoms with Gasteiger partial charge in [0.05, 0.1) is 17.7 Å². The van der Waals surface area contributed by atoms with Crippen LogP contribution >= 0.6 is 0 Å². The molecule has 1 aliphatic heterocycles. The van der Waals surface area contributed by atoms with Crippen LogP contribution < -0.4 is 15.4 Å². The Hall–Kier alpha value is -3.23. The molecule has 168 valence electrons. The first-order chi connectivity index (χ1) is 15.5. The molecule has 8 nitrogen and oxygen atoms in total. The molecule has 1 amide bonds. The first-order valence-corrected chi connectivity index (χ1v) is 10.8. The van der Waals surface area contributed by atoms with E-state index in [4.69, 9.17) is 10.5 Å². The van der Waals surface area contributed by atoms with E-state index in [1.807, 2.05) is 12.1 Å². The van der Waals surface area contributed by atoms with Crippen molar-refractivity contribution in [3.8, 4) is 5.75 Å². The fraction of sp³-hybridized carbons (Fsp3) is 0.375. The van der Waals surface area contributed by atoms with Crippen LogP contribution in [0, 0.1) is 0 Å². The highest BCUT2D eigenvalue weighted by molar-refractivity contribution is 5.94. The van der Waals surface area contributed by atoms with E-state index in [-0.39, 0.29) is 12.5 Å². The van der Waals surface area contributed by atoms with Gasteiger partial charge in [-0.2, -0.15) is 0 Å². The molecule has 0 spiro atoms. The van der Waals surface area contributed by atoms with Gasteiger partial charge in [-0.3, -0.25) is 14.8 Å². The number of likely N-dealkylation sites (N-methyl/N-ethyl adjacent to an activating group) is 1. The highest BCUT2D eigenvalue weighted by Crippen LogP contribution is 2.31. The maximum atomic E-state index is 13.0. The zero-order chi connectivity index (χ0) is 22.6. The van der Waals surface area contributed by atoms with Crippen molar-refractivity contribution >= 4 is 22.5 Å². The van der Waals surface area contributed by atoms with Crippen molar-refractivity contribution in [1.29, 1.82) is 0 Å². The summed E-state index contributed by atoms with van der Waals surface area (Å²) in [4.78, 5) is 25.4. The Morgan fingerprint density at radius 3 is 3.03 bits per heavy atom. The molecule has 0 saturated carbocycles. The van der Waals surface area contributed by atoms with E-state index in [1.165, 1.54) is 0 Å². The average molecular weight is 436 g/mol. The summed E-state index contributed by atoms with van der Waals surface area (Å²) >= 11 is 0. The molecule has 3 N–H and O–H groups in total. The Balaban J connectivity index is 1.48. The molecular weight excluding hydrogens is 406 g/mol. The van der Waals surface area contributed by atoms with Gasteiger partial charge in [0, 0.05) is 61.9 Å². The van der Waals surface area contributed by atoms with Crippen molar-refractivity contribution in [1.82, 2.24) is 14.9 Å². The molecule has 0 bridgehead atoms. The molecule has 0 radical (unpaired) electrons. The third-order valence-corrected chi connectivity index (χ3v) is 5.76. The van der Waals surface area contributed by atoms with Crippen molar-refractivity contribution in [3.63, 3.8) is 0 Å². The number of benzene rings is 1. The topological polar surface area (TPSA) is 105 Å². The number of carbonyl (C=O) groups excluding carboxylic acids is 1. The minimum atomic E-state index is -1.02. The van der Waals surface area contributed by atoms with Gasteiger partial charge in [0.1, 0.15) is 12.4 Å². The van der Waals surface area contributed by atoms with Gasteiger partial charge in [0.15, 0.2) is 0 Å². The largest absolute Gasteiger partial charge is 0.492 e. The number of aliphatic hydroxyl groups is 1. The van der Waals surface area contributed by atoms with Gasteiger partial charge >= 0.3 is 0 Å². The monoisotopic (exact) mass is 435 g/mol. The summed E-state index contributed by atoms with van der Waals surface area (Å²) < 4.78 is 5.53.